The molecule has 5 heteroatoms. The molecule has 1 aromatic carbocycles. The summed E-state index contributed by atoms with van der Waals surface area (Å²) in [4.78, 5) is 24.8. The largest absolute Gasteiger partial charge is 0.481 e. The van der Waals surface area contributed by atoms with Crippen LogP contribution in [0.1, 0.15) is 30.7 Å². The molecule has 1 aliphatic heterocycles. The number of carbonyl (C=O) groups is 2. The van der Waals surface area contributed by atoms with E-state index in [1.807, 2.05) is 18.2 Å². The van der Waals surface area contributed by atoms with Crippen LogP contribution < -0.4 is 5.32 Å². The lowest BCUT2D eigenvalue weighted by Gasteiger charge is -2.21. The molecule has 2 unspecified atom stereocenters. The van der Waals surface area contributed by atoms with Crippen LogP contribution in [0.5, 0.6) is 0 Å². The highest BCUT2D eigenvalue weighted by Gasteiger charge is 2.34. The molecule has 1 heterocycles. The Morgan fingerprint density at radius 3 is 2.55 bits per heavy atom. The maximum atomic E-state index is 12.2. The second-order valence-corrected chi connectivity index (χ2v) is 6.31. The maximum absolute atomic E-state index is 12.2. The van der Waals surface area contributed by atoms with Gasteiger partial charge in [-0.3, -0.25) is 4.79 Å². The van der Waals surface area contributed by atoms with Crippen LogP contribution in [-0.4, -0.2) is 41.6 Å². The van der Waals surface area contributed by atoms with Gasteiger partial charge in [0.1, 0.15) is 0 Å². The molecule has 22 heavy (non-hydrogen) atoms. The molecule has 118 valence electrons. The highest BCUT2D eigenvalue weighted by atomic mass is 16.4. The molecule has 0 aromatic heterocycles. The molecule has 2 N–H and O–H groups in total. The van der Waals surface area contributed by atoms with Crippen molar-refractivity contribution in [1.82, 2.24) is 10.2 Å². The van der Waals surface area contributed by atoms with Crippen molar-refractivity contribution in [2.75, 3.05) is 19.6 Å². The lowest BCUT2D eigenvalue weighted by molar-refractivity contribution is -0.141. The normalized spacial score (nSPS) is 22.4. The van der Waals surface area contributed by atoms with E-state index in [0.29, 0.717) is 37.9 Å². The average Bonchev–Trinajstić information content (AvgIpc) is 3.23. The molecule has 5 nitrogen and oxygen atoms in total. The Bertz CT molecular complexity index is 542. The molecule has 2 fully saturated rings. The number of aliphatic carboxylic acids is 1. The van der Waals surface area contributed by atoms with Gasteiger partial charge in [0.05, 0.1) is 5.92 Å². The summed E-state index contributed by atoms with van der Waals surface area (Å²) in [6, 6.07) is 10.2. The lowest BCUT2D eigenvalue weighted by atomic mass is 9.94. The molecule has 1 aliphatic carbocycles. The van der Waals surface area contributed by atoms with Crippen molar-refractivity contribution in [2.24, 2.45) is 11.8 Å². The minimum absolute atomic E-state index is 0.134. The predicted octanol–water partition coefficient (Wildman–Crippen LogP) is 2.30. The second kappa shape index (κ2) is 6.38. The Labute approximate surface area is 130 Å². The Morgan fingerprint density at radius 1 is 1.23 bits per heavy atom. The fourth-order valence-corrected chi connectivity index (χ4v) is 3.21. The zero-order valence-corrected chi connectivity index (χ0v) is 12.6. The molecular weight excluding hydrogens is 280 g/mol. The molecule has 0 bridgehead atoms. The fraction of sp³-hybridized carbons (Fsp3) is 0.529. The Morgan fingerprint density at radius 2 is 1.95 bits per heavy atom. The molecule has 2 atom stereocenters. The third-order valence-electron chi connectivity index (χ3n) is 4.72. The number of urea groups is 1. The van der Waals surface area contributed by atoms with Gasteiger partial charge < -0.3 is 15.3 Å². The molecule has 1 saturated carbocycles. The van der Waals surface area contributed by atoms with Crippen LogP contribution in [0.25, 0.3) is 0 Å². The number of carboxylic acid groups (broad SMARTS) is 1. The number of hydrogen-bond donors (Lipinski definition) is 2. The predicted molar refractivity (Wildman–Crippen MR) is 82.6 cm³/mol. The minimum atomic E-state index is -0.810. The molecule has 0 spiro atoms. The van der Waals surface area contributed by atoms with Gasteiger partial charge in [-0.1, -0.05) is 30.3 Å². The summed E-state index contributed by atoms with van der Waals surface area (Å²) in [6.45, 7) is 1.48. The van der Waals surface area contributed by atoms with E-state index in [0.717, 1.165) is 0 Å². The molecule has 0 radical (unpaired) electrons. The van der Waals surface area contributed by atoms with Crippen molar-refractivity contribution in [2.45, 2.75) is 25.2 Å². The quantitative estimate of drug-likeness (QED) is 0.877. The Kier molecular flexibility index (Phi) is 4.32. The zero-order chi connectivity index (χ0) is 15.5. The van der Waals surface area contributed by atoms with E-state index in [1.165, 1.54) is 18.4 Å². The molecular formula is C17H22N2O3. The Hall–Kier alpha value is -2.04. The number of likely N-dealkylation sites (tertiary alicyclic amines) is 1. The first-order valence-corrected chi connectivity index (χ1v) is 7.95. The van der Waals surface area contributed by atoms with Gasteiger partial charge in [0.2, 0.25) is 0 Å². The number of amides is 2. The van der Waals surface area contributed by atoms with Gasteiger partial charge in [-0.25, -0.2) is 4.79 Å². The van der Waals surface area contributed by atoms with E-state index < -0.39 is 11.9 Å². The summed E-state index contributed by atoms with van der Waals surface area (Å²) in [6.07, 6.45) is 2.99. The molecule has 3 rings (SSSR count). The molecule has 1 saturated heterocycles. The van der Waals surface area contributed by atoms with Gasteiger partial charge in [-0.05, 0) is 30.7 Å². The molecule has 2 aliphatic rings. The van der Waals surface area contributed by atoms with Crippen LogP contribution >= 0.6 is 0 Å². The van der Waals surface area contributed by atoms with E-state index in [2.05, 4.69) is 17.4 Å². The van der Waals surface area contributed by atoms with Crippen molar-refractivity contribution < 1.29 is 14.7 Å². The van der Waals surface area contributed by atoms with Crippen LogP contribution in [0.3, 0.4) is 0 Å². The first kappa shape index (κ1) is 14.9. The summed E-state index contributed by atoms with van der Waals surface area (Å²) < 4.78 is 0. The SMILES string of the molecule is O=C(O)C1CCN(C(=O)NCC(c2ccccc2)C2CC2)C1. The van der Waals surface area contributed by atoms with Crippen LogP contribution in [-0.2, 0) is 4.79 Å². The number of carboxylic acids is 1. The van der Waals surface area contributed by atoms with Crippen LogP contribution in [0.4, 0.5) is 4.79 Å². The van der Waals surface area contributed by atoms with Gasteiger partial charge in [0.25, 0.3) is 0 Å². The lowest BCUT2D eigenvalue weighted by Crippen LogP contribution is -2.40. The highest BCUT2D eigenvalue weighted by molar-refractivity contribution is 5.77. The van der Waals surface area contributed by atoms with Crippen LogP contribution in [0.15, 0.2) is 30.3 Å². The van der Waals surface area contributed by atoms with Crippen LogP contribution in [0.2, 0.25) is 0 Å². The van der Waals surface area contributed by atoms with E-state index in [4.69, 9.17) is 5.11 Å². The highest BCUT2D eigenvalue weighted by Crippen LogP contribution is 2.42. The summed E-state index contributed by atoms with van der Waals surface area (Å²) in [5, 5.41) is 12.0. The van der Waals surface area contributed by atoms with E-state index in [-0.39, 0.29) is 6.03 Å². The van der Waals surface area contributed by atoms with E-state index in [9.17, 15) is 9.59 Å². The second-order valence-electron chi connectivity index (χ2n) is 6.31. The van der Waals surface area contributed by atoms with Gasteiger partial charge in [-0.15, -0.1) is 0 Å². The van der Waals surface area contributed by atoms with Crippen molar-refractivity contribution in [3.8, 4) is 0 Å². The fourth-order valence-electron chi connectivity index (χ4n) is 3.21. The topological polar surface area (TPSA) is 69.6 Å². The Balaban J connectivity index is 1.54. The van der Waals surface area contributed by atoms with Gasteiger partial charge in [-0.2, -0.15) is 0 Å². The summed E-state index contributed by atoms with van der Waals surface area (Å²) in [7, 11) is 0. The van der Waals surface area contributed by atoms with Gasteiger partial charge >= 0.3 is 12.0 Å². The molecule has 2 amide bonds. The standard InChI is InChI=1S/C17H22N2O3/c20-16(21)14-8-9-19(11-14)17(22)18-10-15(13-6-7-13)12-4-2-1-3-5-12/h1-5,13-15H,6-11H2,(H,18,22)(H,20,21). The van der Waals surface area contributed by atoms with Crippen molar-refractivity contribution in [1.29, 1.82) is 0 Å². The first-order chi connectivity index (χ1) is 10.6. The van der Waals surface area contributed by atoms with E-state index in [1.54, 1.807) is 4.90 Å². The van der Waals surface area contributed by atoms with Crippen molar-refractivity contribution in [3.05, 3.63) is 35.9 Å². The zero-order valence-electron chi connectivity index (χ0n) is 12.6. The monoisotopic (exact) mass is 302 g/mol. The minimum Gasteiger partial charge on any atom is -0.481 e. The summed E-state index contributed by atoms with van der Waals surface area (Å²) >= 11 is 0. The number of rotatable bonds is 5. The number of hydrogen-bond acceptors (Lipinski definition) is 2. The smallest absolute Gasteiger partial charge is 0.317 e. The third-order valence-corrected chi connectivity index (χ3v) is 4.72. The number of carbonyl (C=O) groups excluding carboxylic acids is 1. The van der Waals surface area contributed by atoms with Crippen molar-refractivity contribution >= 4 is 12.0 Å². The van der Waals surface area contributed by atoms with Crippen LogP contribution in [0, 0.1) is 11.8 Å². The number of benzene rings is 1. The molecule has 1 aromatic rings. The maximum Gasteiger partial charge on any atom is 0.317 e. The van der Waals surface area contributed by atoms with Crippen molar-refractivity contribution in [3.63, 3.8) is 0 Å². The van der Waals surface area contributed by atoms with Gasteiger partial charge in [0.15, 0.2) is 0 Å². The van der Waals surface area contributed by atoms with Gasteiger partial charge in [0, 0.05) is 25.6 Å². The first-order valence-electron chi connectivity index (χ1n) is 7.95. The number of nitrogens with zero attached hydrogens (tertiary/aromatic N) is 1. The summed E-state index contributed by atoms with van der Waals surface area (Å²) in [5.41, 5.74) is 1.27. The average molecular weight is 302 g/mol. The van der Waals surface area contributed by atoms with E-state index >= 15 is 0 Å². The number of nitrogens with one attached hydrogen (secondary N) is 1. The summed E-state index contributed by atoms with van der Waals surface area (Å²) in [5.74, 6) is -0.203. The third kappa shape index (κ3) is 3.40.